The molecule has 1 aliphatic carbocycles. The second kappa shape index (κ2) is 21.8. The van der Waals surface area contributed by atoms with E-state index in [0.717, 1.165) is 29.9 Å². The van der Waals surface area contributed by atoms with Crippen LogP contribution in [0.5, 0.6) is 5.75 Å². The summed E-state index contributed by atoms with van der Waals surface area (Å²) in [5.41, 5.74) is 4.90. The Labute approximate surface area is 253 Å². The summed E-state index contributed by atoms with van der Waals surface area (Å²) in [6.07, 6.45) is 2.31. The minimum absolute atomic E-state index is 0.361. The van der Waals surface area contributed by atoms with E-state index in [4.69, 9.17) is 0 Å². The normalized spacial score (nSPS) is 12.3. The maximum absolute atomic E-state index is 13.0. The molecule has 4 rings (SSSR count). The minimum atomic E-state index is -4.78. The molecule has 0 bridgehead atoms. The average Bonchev–Trinajstić information content (AvgIpc) is 2.90. The monoisotopic (exact) mass is 590 g/mol. The molecule has 1 fully saturated rings. The van der Waals surface area contributed by atoms with Crippen LogP contribution in [0.4, 0.5) is 17.6 Å². The molecule has 0 aromatic heterocycles. The quantitative estimate of drug-likeness (QED) is 0.249. The first-order chi connectivity index (χ1) is 20.0. The van der Waals surface area contributed by atoms with Crippen molar-refractivity contribution >= 4 is 0 Å². The van der Waals surface area contributed by atoms with Crippen LogP contribution in [0.25, 0.3) is 0 Å². The van der Waals surface area contributed by atoms with Crippen LogP contribution in [0.3, 0.4) is 0 Å². The molecule has 3 aromatic carbocycles. The van der Waals surface area contributed by atoms with E-state index in [2.05, 4.69) is 87.0 Å². The summed E-state index contributed by atoms with van der Waals surface area (Å²) >= 11 is 0. The second-order valence-electron chi connectivity index (χ2n) is 10.7. The molecular formula is C37H54F4O. The molecule has 0 atom stereocenters. The first-order valence-corrected chi connectivity index (χ1v) is 15.6. The fourth-order valence-corrected chi connectivity index (χ4v) is 4.28. The molecule has 0 radical (unpaired) electrons. The molecule has 0 N–H and O–H groups in total. The van der Waals surface area contributed by atoms with Gasteiger partial charge in [0.15, 0.2) is 0 Å². The fraction of sp³-hybridized carbons (Fsp3) is 0.514. The number of benzene rings is 3. The lowest BCUT2D eigenvalue weighted by molar-refractivity contribution is -0.274. The summed E-state index contributed by atoms with van der Waals surface area (Å²) in [5.74, 6) is 1.19. The van der Waals surface area contributed by atoms with Gasteiger partial charge in [-0.3, -0.25) is 0 Å². The Balaban J connectivity index is 0.000000573. The third kappa shape index (κ3) is 17.2. The van der Waals surface area contributed by atoms with E-state index in [0.29, 0.717) is 12.0 Å². The maximum atomic E-state index is 13.0. The SMILES string of the molecule is CC.CC.CC(C)Cc1cccc(C2CCC2)c1.CC(C)Cc1ccccc1.CCc1ccc(OC(F)(F)F)cc1F. The van der Waals surface area contributed by atoms with Crippen molar-refractivity contribution in [2.45, 2.75) is 113 Å². The fourth-order valence-electron chi connectivity index (χ4n) is 4.28. The Hall–Kier alpha value is -2.82. The molecule has 42 heavy (non-hydrogen) atoms. The highest BCUT2D eigenvalue weighted by Gasteiger charge is 2.31. The van der Waals surface area contributed by atoms with Gasteiger partial charge in [-0.2, -0.15) is 0 Å². The van der Waals surface area contributed by atoms with Gasteiger partial charge in [-0.25, -0.2) is 4.39 Å². The number of alkyl halides is 3. The molecule has 1 saturated carbocycles. The van der Waals surface area contributed by atoms with E-state index in [9.17, 15) is 17.6 Å². The van der Waals surface area contributed by atoms with Gasteiger partial charge >= 0.3 is 6.36 Å². The van der Waals surface area contributed by atoms with E-state index in [1.54, 1.807) is 12.5 Å². The van der Waals surface area contributed by atoms with Crippen LogP contribution in [0.2, 0.25) is 0 Å². The van der Waals surface area contributed by atoms with Crippen molar-refractivity contribution in [3.05, 3.63) is 101 Å². The number of rotatable bonds is 7. The molecule has 1 nitrogen and oxygen atoms in total. The van der Waals surface area contributed by atoms with E-state index >= 15 is 0 Å². The molecular weight excluding hydrogens is 536 g/mol. The van der Waals surface area contributed by atoms with Gasteiger partial charge in [-0.15, -0.1) is 13.2 Å². The smallest absolute Gasteiger partial charge is 0.406 e. The molecule has 3 aromatic rings. The van der Waals surface area contributed by atoms with Gasteiger partial charge in [0, 0.05) is 6.07 Å². The minimum Gasteiger partial charge on any atom is -0.406 e. The van der Waals surface area contributed by atoms with Crippen molar-refractivity contribution in [2.75, 3.05) is 0 Å². The summed E-state index contributed by atoms with van der Waals surface area (Å²) in [6.45, 7) is 18.8. The van der Waals surface area contributed by atoms with Crippen LogP contribution in [-0.2, 0) is 19.3 Å². The molecule has 0 aliphatic heterocycles. The highest BCUT2D eigenvalue weighted by atomic mass is 19.4. The van der Waals surface area contributed by atoms with Gasteiger partial charge in [-0.05, 0) is 78.2 Å². The van der Waals surface area contributed by atoms with Crippen LogP contribution in [0.15, 0.2) is 72.8 Å². The van der Waals surface area contributed by atoms with Crippen molar-refractivity contribution in [3.8, 4) is 5.75 Å². The standard InChI is InChI=1S/C14H20.C10H14.C9H8F4O.2C2H6/c1-11(2)9-12-5-3-8-14(10-12)13-6-4-7-13;1-9(2)8-10-6-4-3-5-7-10;1-2-6-3-4-7(5-8(6)10)14-9(11,12)13;2*1-2/h3,5,8,10-11,13H,4,6-7,9H2,1-2H3;3-7,9H,8H2,1-2H3;3-5H,2H2,1H3;2*1-2H3. The molecule has 0 heterocycles. The summed E-state index contributed by atoms with van der Waals surface area (Å²) < 4.78 is 51.7. The number of aryl methyl sites for hydroxylation is 1. The molecule has 236 valence electrons. The van der Waals surface area contributed by atoms with Gasteiger partial charge in [-0.1, -0.05) is 129 Å². The van der Waals surface area contributed by atoms with Crippen molar-refractivity contribution in [1.29, 1.82) is 0 Å². The van der Waals surface area contributed by atoms with E-state index in [1.807, 2.05) is 27.7 Å². The lowest BCUT2D eigenvalue weighted by Gasteiger charge is -2.26. The molecule has 0 unspecified atom stereocenters. The summed E-state index contributed by atoms with van der Waals surface area (Å²) in [5, 5.41) is 0. The molecule has 0 saturated heterocycles. The predicted octanol–water partition coefficient (Wildman–Crippen LogP) is 12.4. The molecule has 0 spiro atoms. The van der Waals surface area contributed by atoms with Crippen LogP contribution < -0.4 is 4.74 Å². The Morgan fingerprint density at radius 3 is 1.74 bits per heavy atom. The Bertz CT molecular complexity index is 1070. The van der Waals surface area contributed by atoms with E-state index in [1.165, 1.54) is 49.3 Å². The van der Waals surface area contributed by atoms with Crippen LogP contribution >= 0.6 is 0 Å². The summed E-state index contributed by atoms with van der Waals surface area (Å²) in [6, 6.07) is 22.9. The molecule has 5 heteroatoms. The zero-order valence-electron chi connectivity index (χ0n) is 27.3. The number of halogens is 4. The summed E-state index contributed by atoms with van der Waals surface area (Å²) in [4.78, 5) is 0. The predicted molar refractivity (Wildman–Crippen MR) is 172 cm³/mol. The van der Waals surface area contributed by atoms with Gasteiger partial charge in [0.2, 0.25) is 0 Å². The van der Waals surface area contributed by atoms with Gasteiger partial charge in [0.25, 0.3) is 0 Å². The largest absolute Gasteiger partial charge is 0.573 e. The van der Waals surface area contributed by atoms with Crippen molar-refractivity contribution in [2.24, 2.45) is 11.8 Å². The van der Waals surface area contributed by atoms with Crippen LogP contribution in [0.1, 0.15) is 110 Å². The van der Waals surface area contributed by atoms with Crippen LogP contribution in [0, 0.1) is 17.7 Å². The zero-order valence-corrected chi connectivity index (χ0v) is 27.3. The third-order valence-electron chi connectivity index (χ3n) is 6.30. The maximum Gasteiger partial charge on any atom is 0.573 e. The number of ether oxygens (including phenoxy) is 1. The van der Waals surface area contributed by atoms with Gasteiger partial charge in [0.05, 0.1) is 0 Å². The topological polar surface area (TPSA) is 9.23 Å². The lowest BCUT2D eigenvalue weighted by atomic mass is 9.79. The Morgan fingerprint density at radius 2 is 1.29 bits per heavy atom. The summed E-state index contributed by atoms with van der Waals surface area (Å²) in [7, 11) is 0. The highest BCUT2D eigenvalue weighted by molar-refractivity contribution is 5.29. The molecule has 1 aliphatic rings. The zero-order chi connectivity index (χ0) is 32.1. The van der Waals surface area contributed by atoms with Crippen molar-refractivity contribution in [1.82, 2.24) is 0 Å². The Morgan fingerprint density at radius 1 is 0.738 bits per heavy atom. The Kier molecular flexibility index (Phi) is 20.4. The van der Waals surface area contributed by atoms with Gasteiger partial charge in [0.1, 0.15) is 11.6 Å². The van der Waals surface area contributed by atoms with Gasteiger partial charge < -0.3 is 4.74 Å². The number of hydrogen-bond donors (Lipinski definition) is 0. The van der Waals surface area contributed by atoms with E-state index < -0.39 is 17.9 Å². The van der Waals surface area contributed by atoms with Crippen molar-refractivity contribution in [3.63, 3.8) is 0 Å². The lowest BCUT2D eigenvalue weighted by Crippen LogP contribution is -2.17. The first-order valence-electron chi connectivity index (χ1n) is 15.6. The van der Waals surface area contributed by atoms with E-state index in [-0.39, 0.29) is 0 Å². The first kappa shape index (κ1) is 39.2. The second-order valence-corrected chi connectivity index (χ2v) is 10.7. The van der Waals surface area contributed by atoms with Crippen LogP contribution in [-0.4, -0.2) is 6.36 Å². The van der Waals surface area contributed by atoms with Crippen molar-refractivity contribution < 1.29 is 22.3 Å². The highest BCUT2D eigenvalue weighted by Crippen LogP contribution is 2.36. The number of hydrogen-bond acceptors (Lipinski definition) is 1. The molecule has 0 amide bonds. The third-order valence-corrected chi connectivity index (χ3v) is 6.30. The average molecular weight is 591 g/mol.